The Kier molecular flexibility index (Phi) is 4.30. The topological polar surface area (TPSA) is 82.2 Å². The van der Waals surface area contributed by atoms with Crippen molar-refractivity contribution >= 4 is 27.5 Å². The molecule has 1 aliphatic rings. The van der Waals surface area contributed by atoms with Gasteiger partial charge in [-0.3, -0.25) is 14.8 Å². The van der Waals surface area contributed by atoms with Gasteiger partial charge in [-0.25, -0.2) is 10.8 Å². The smallest absolute Gasteiger partial charge is 0.264 e. The maximum Gasteiger partial charge on any atom is 0.264 e. The van der Waals surface area contributed by atoms with Crippen molar-refractivity contribution in [2.75, 3.05) is 5.43 Å². The molecule has 3 heterocycles. The SMILES string of the molecule is CC1(C)Cc2c(sc3nc(NN)n(CCc4ccccc4)c(=O)c23)CO1. The molecule has 2 aromatic heterocycles. The van der Waals surface area contributed by atoms with Gasteiger partial charge in [-0.2, -0.15) is 0 Å². The number of aryl methyl sites for hydroxylation is 1. The van der Waals surface area contributed by atoms with E-state index in [-0.39, 0.29) is 11.2 Å². The number of ether oxygens (including phenoxy) is 1. The van der Waals surface area contributed by atoms with Crippen LogP contribution < -0.4 is 16.8 Å². The van der Waals surface area contributed by atoms with E-state index < -0.39 is 0 Å². The first kappa shape index (κ1) is 17.2. The number of nitrogens with two attached hydrogens (primary N) is 1. The predicted molar refractivity (Wildman–Crippen MR) is 104 cm³/mol. The summed E-state index contributed by atoms with van der Waals surface area (Å²) >= 11 is 1.52. The minimum absolute atomic E-state index is 0.0333. The number of nitrogen functional groups attached to an aromatic ring is 1. The fraction of sp³-hybridized carbons (Fsp3) is 0.368. The third kappa shape index (κ3) is 3.02. The monoisotopic (exact) mass is 370 g/mol. The first-order chi connectivity index (χ1) is 12.5. The van der Waals surface area contributed by atoms with Gasteiger partial charge in [0, 0.05) is 17.8 Å². The molecule has 4 rings (SSSR count). The summed E-state index contributed by atoms with van der Waals surface area (Å²) in [6.07, 6.45) is 1.46. The predicted octanol–water partition coefficient (Wildman–Crippen LogP) is 2.84. The summed E-state index contributed by atoms with van der Waals surface area (Å²) in [5, 5.41) is 0.716. The van der Waals surface area contributed by atoms with Gasteiger partial charge >= 0.3 is 0 Å². The molecule has 0 saturated carbocycles. The average Bonchev–Trinajstić information content (AvgIpc) is 2.98. The van der Waals surface area contributed by atoms with Crippen molar-refractivity contribution in [2.24, 2.45) is 5.84 Å². The fourth-order valence-electron chi connectivity index (χ4n) is 3.43. The number of nitrogens with one attached hydrogen (secondary N) is 1. The van der Waals surface area contributed by atoms with Gasteiger partial charge in [-0.15, -0.1) is 11.3 Å². The molecule has 26 heavy (non-hydrogen) atoms. The number of hydrogen-bond donors (Lipinski definition) is 2. The highest BCUT2D eigenvalue weighted by molar-refractivity contribution is 7.18. The molecule has 6 nitrogen and oxygen atoms in total. The van der Waals surface area contributed by atoms with Crippen molar-refractivity contribution < 1.29 is 4.74 Å². The number of aromatic nitrogens is 2. The molecule has 0 aliphatic carbocycles. The molecule has 0 radical (unpaired) electrons. The van der Waals surface area contributed by atoms with Gasteiger partial charge in [0.1, 0.15) is 4.83 Å². The maximum absolute atomic E-state index is 13.3. The first-order valence-electron chi connectivity index (χ1n) is 8.68. The maximum atomic E-state index is 13.3. The highest BCUT2D eigenvalue weighted by Gasteiger charge is 2.31. The Labute approximate surface area is 155 Å². The van der Waals surface area contributed by atoms with Crippen LogP contribution in [0.1, 0.15) is 29.9 Å². The molecule has 0 fully saturated rings. The Hall–Kier alpha value is -2.22. The van der Waals surface area contributed by atoms with Crippen molar-refractivity contribution in [1.82, 2.24) is 9.55 Å². The summed E-state index contributed by atoms with van der Waals surface area (Å²) < 4.78 is 7.53. The largest absolute Gasteiger partial charge is 0.370 e. The zero-order valence-electron chi connectivity index (χ0n) is 14.9. The first-order valence-corrected chi connectivity index (χ1v) is 9.50. The number of nitrogens with zero attached hydrogens (tertiary/aromatic N) is 2. The Morgan fingerprint density at radius 1 is 1.35 bits per heavy atom. The average molecular weight is 370 g/mol. The molecular formula is C19H22N4O2S. The van der Waals surface area contributed by atoms with E-state index in [1.54, 1.807) is 4.57 Å². The molecule has 136 valence electrons. The molecule has 1 aromatic carbocycles. The summed E-state index contributed by atoms with van der Waals surface area (Å²) in [5.41, 5.74) is 4.53. The molecular weight excluding hydrogens is 348 g/mol. The van der Waals surface area contributed by atoms with Gasteiger partial charge < -0.3 is 4.74 Å². The molecule has 7 heteroatoms. The molecule has 0 spiro atoms. The molecule has 0 atom stereocenters. The minimum Gasteiger partial charge on any atom is -0.370 e. The standard InChI is InChI=1S/C19H22N4O2S/c1-19(2)10-13-14(11-25-19)26-16-15(13)17(24)23(18(21-16)22-20)9-8-12-6-4-3-5-7-12/h3-7H,8-11,20H2,1-2H3,(H,21,22). The third-order valence-electron chi connectivity index (χ3n) is 4.79. The number of hydrazine groups is 1. The number of benzene rings is 1. The quantitative estimate of drug-likeness (QED) is 0.545. The van der Waals surface area contributed by atoms with E-state index in [2.05, 4.69) is 36.4 Å². The summed E-state index contributed by atoms with van der Waals surface area (Å²) in [7, 11) is 0. The Morgan fingerprint density at radius 3 is 2.85 bits per heavy atom. The molecule has 3 N–H and O–H groups in total. The van der Waals surface area contributed by atoms with Crippen LogP contribution in [0.4, 0.5) is 5.95 Å². The van der Waals surface area contributed by atoms with Crippen LogP contribution >= 0.6 is 11.3 Å². The third-order valence-corrected chi connectivity index (χ3v) is 5.89. The van der Waals surface area contributed by atoms with E-state index >= 15 is 0 Å². The van der Waals surface area contributed by atoms with Crippen LogP contribution in [0, 0.1) is 0 Å². The number of hydrogen-bond acceptors (Lipinski definition) is 6. The highest BCUT2D eigenvalue weighted by Crippen LogP contribution is 2.37. The van der Waals surface area contributed by atoms with E-state index in [0.717, 1.165) is 21.7 Å². The Balaban J connectivity index is 1.79. The molecule has 0 bridgehead atoms. The highest BCUT2D eigenvalue weighted by atomic mass is 32.1. The molecule has 0 amide bonds. The van der Waals surface area contributed by atoms with E-state index in [1.165, 1.54) is 16.9 Å². The van der Waals surface area contributed by atoms with E-state index in [9.17, 15) is 4.79 Å². The van der Waals surface area contributed by atoms with Crippen LogP contribution in [0.3, 0.4) is 0 Å². The van der Waals surface area contributed by atoms with Crippen molar-refractivity contribution in [1.29, 1.82) is 0 Å². The number of anilines is 1. The van der Waals surface area contributed by atoms with Gasteiger partial charge in [0.25, 0.3) is 5.56 Å². The van der Waals surface area contributed by atoms with E-state index in [0.29, 0.717) is 30.9 Å². The molecule has 0 unspecified atom stereocenters. The van der Waals surface area contributed by atoms with Gasteiger partial charge in [0.2, 0.25) is 5.95 Å². The fourth-order valence-corrected chi connectivity index (χ4v) is 4.52. The van der Waals surface area contributed by atoms with Gasteiger partial charge in [-0.05, 0) is 31.4 Å². The normalized spacial score (nSPS) is 15.8. The van der Waals surface area contributed by atoms with Gasteiger partial charge in [-0.1, -0.05) is 30.3 Å². The van der Waals surface area contributed by atoms with E-state index in [1.807, 2.05) is 18.2 Å². The lowest BCUT2D eigenvalue weighted by molar-refractivity contribution is -0.0379. The number of thiophene rings is 1. The van der Waals surface area contributed by atoms with Gasteiger partial charge in [0.15, 0.2) is 0 Å². The number of rotatable bonds is 4. The minimum atomic E-state index is -0.271. The second kappa shape index (κ2) is 6.50. The van der Waals surface area contributed by atoms with Crippen molar-refractivity contribution in [3.8, 4) is 0 Å². The van der Waals surface area contributed by atoms with Crippen LogP contribution in [0.2, 0.25) is 0 Å². The second-order valence-corrected chi connectivity index (χ2v) is 8.26. The van der Waals surface area contributed by atoms with Crippen LogP contribution in [-0.2, 0) is 30.7 Å². The van der Waals surface area contributed by atoms with Gasteiger partial charge in [0.05, 0.1) is 17.6 Å². The van der Waals surface area contributed by atoms with Crippen LogP contribution in [-0.4, -0.2) is 15.2 Å². The van der Waals surface area contributed by atoms with Crippen molar-refractivity contribution in [3.05, 3.63) is 56.7 Å². The second-order valence-electron chi connectivity index (χ2n) is 7.18. The molecule has 1 aliphatic heterocycles. The summed E-state index contributed by atoms with van der Waals surface area (Å²) in [6.45, 7) is 5.15. The van der Waals surface area contributed by atoms with Crippen molar-refractivity contribution in [3.63, 3.8) is 0 Å². The van der Waals surface area contributed by atoms with Crippen LogP contribution in [0.5, 0.6) is 0 Å². The zero-order chi connectivity index (χ0) is 18.3. The summed E-state index contributed by atoms with van der Waals surface area (Å²) in [5.74, 6) is 6.05. The Morgan fingerprint density at radius 2 is 2.12 bits per heavy atom. The van der Waals surface area contributed by atoms with Crippen molar-refractivity contribution in [2.45, 2.75) is 45.4 Å². The lowest BCUT2D eigenvalue weighted by atomic mass is 9.94. The lowest BCUT2D eigenvalue weighted by Crippen LogP contribution is -2.32. The Bertz CT molecular complexity index is 1010. The lowest BCUT2D eigenvalue weighted by Gasteiger charge is -2.29. The van der Waals surface area contributed by atoms with E-state index in [4.69, 9.17) is 10.6 Å². The summed E-state index contributed by atoms with van der Waals surface area (Å²) in [6, 6.07) is 10.1. The van der Waals surface area contributed by atoms with Crippen LogP contribution in [0.15, 0.2) is 35.1 Å². The molecule has 3 aromatic rings. The van der Waals surface area contributed by atoms with Crippen LogP contribution in [0.25, 0.3) is 10.2 Å². The number of fused-ring (bicyclic) bond motifs is 3. The molecule has 0 saturated heterocycles. The summed E-state index contributed by atoms with van der Waals surface area (Å²) in [4.78, 5) is 19.7. The zero-order valence-corrected chi connectivity index (χ0v) is 15.7.